The summed E-state index contributed by atoms with van der Waals surface area (Å²) in [7, 11) is -2.36. The molecule has 4 rings (SSSR count). The molecule has 1 saturated carbocycles. The van der Waals surface area contributed by atoms with Gasteiger partial charge >= 0.3 is 18.1 Å². The number of hydrogen-bond acceptors (Lipinski definition) is 6. The Morgan fingerprint density at radius 2 is 1.96 bits per heavy atom. The minimum Gasteiger partial charge on any atom is -0.401 e. The lowest BCUT2D eigenvalue weighted by Crippen LogP contribution is -2.34. The number of nitrogens with zero attached hydrogens (tertiary/aromatic N) is 4. The molecule has 144 valence electrons. The van der Waals surface area contributed by atoms with Crippen molar-refractivity contribution in [1.29, 1.82) is 0 Å². The van der Waals surface area contributed by atoms with Gasteiger partial charge in [0.2, 0.25) is 10.0 Å². The van der Waals surface area contributed by atoms with Crippen molar-refractivity contribution in [2.24, 2.45) is 7.05 Å². The lowest BCUT2D eigenvalue weighted by atomic mass is 10.3. The fraction of sp³-hybridized carbons (Fsp3) is 0.400. The lowest BCUT2D eigenvalue weighted by molar-refractivity contribution is 0.115. The van der Waals surface area contributed by atoms with E-state index >= 15 is 0 Å². The van der Waals surface area contributed by atoms with Crippen molar-refractivity contribution in [3.63, 3.8) is 0 Å². The van der Waals surface area contributed by atoms with E-state index in [0.717, 1.165) is 17.4 Å². The van der Waals surface area contributed by atoms with Gasteiger partial charge in [0.1, 0.15) is 0 Å². The number of rotatable bonds is 5. The largest absolute Gasteiger partial charge is 0.401 e. The third-order valence-corrected chi connectivity index (χ3v) is 6.16. The van der Waals surface area contributed by atoms with Crippen molar-refractivity contribution >= 4 is 21.1 Å². The molecule has 0 spiro atoms. The Morgan fingerprint density at radius 3 is 2.56 bits per heavy atom. The zero-order chi connectivity index (χ0) is 19.6. The molecule has 1 aliphatic carbocycles. The zero-order valence-corrected chi connectivity index (χ0v) is 15.1. The molecule has 0 aliphatic heterocycles. The van der Waals surface area contributed by atoms with Crippen LogP contribution in [0, 0.1) is 0 Å². The van der Waals surface area contributed by atoms with Crippen molar-refractivity contribution in [3.05, 3.63) is 34.6 Å². The Morgan fingerprint density at radius 1 is 1.26 bits per heavy atom. The van der Waals surface area contributed by atoms with E-state index in [1.54, 1.807) is 6.92 Å². The molecule has 3 aromatic rings. The molecule has 0 radical (unpaired) electrons. The molecule has 0 saturated heterocycles. The molecule has 0 unspecified atom stereocenters. The van der Waals surface area contributed by atoms with E-state index in [1.165, 1.54) is 29.8 Å². The topological polar surface area (TPSA) is 112 Å². The third-order valence-electron chi connectivity index (χ3n) is 4.53. The number of benzene rings is 1. The summed E-state index contributed by atoms with van der Waals surface area (Å²) in [6.45, 7) is 1.80. The number of fused-ring (bicyclic) bond motifs is 1. The number of nitrogens with one attached hydrogen (secondary N) is 1. The predicted octanol–water partition coefficient (Wildman–Crippen LogP) is 1.48. The molecule has 1 aromatic carbocycles. The number of aromatic nitrogens is 4. The zero-order valence-electron chi connectivity index (χ0n) is 14.3. The van der Waals surface area contributed by atoms with Crippen LogP contribution in [0.25, 0.3) is 17.0 Å². The molecule has 1 fully saturated rings. The van der Waals surface area contributed by atoms with Crippen LogP contribution in [0.2, 0.25) is 0 Å². The van der Waals surface area contributed by atoms with Crippen LogP contribution in [-0.4, -0.2) is 33.3 Å². The van der Waals surface area contributed by atoms with Gasteiger partial charge in [0.05, 0.1) is 15.9 Å². The van der Waals surface area contributed by atoms with E-state index in [1.807, 2.05) is 0 Å². The van der Waals surface area contributed by atoms with Gasteiger partial charge in [0.25, 0.3) is 5.89 Å². The molecular formula is C15H15F2N5O4S. The first kappa shape index (κ1) is 17.8. The van der Waals surface area contributed by atoms with Crippen LogP contribution in [0.1, 0.15) is 32.1 Å². The minimum atomic E-state index is -3.82. The highest BCUT2D eigenvalue weighted by Crippen LogP contribution is 2.36. The molecule has 9 nitrogen and oxygen atoms in total. The maximum atomic E-state index is 12.7. The van der Waals surface area contributed by atoms with Crippen LogP contribution in [0.5, 0.6) is 0 Å². The Hall–Kier alpha value is -2.60. The molecule has 2 aromatic heterocycles. The van der Waals surface area contributed by atoms with Gasteiger partial charge in [0, 0.05) is 12.6 Å². The van der Waals surface area contributed by atoms with Gasteiger partial charge in [-0.2, -0.15) is 8.78 Å². The molecule has 12 heteroatoms. The van der Waals surface area contributed by atoms with E-state index in [0.29, 0.717) is 5.52 Å². The summed E-state index contributed by atoms with van der Waals surface area (Å²) in [5, 5.41) is 6.69. The molecule has 1 aliphatic rings. The second-order valence-electron chi connectivity index (χ2n) is 6.72. The number of hydrogen-bond donors (Lipinski definition) is 1. The van der Waals surface area contributed by atoms with E-state index in [-0.39, 0.29) is 10.4 Å². The molecule has 1 N–H and O–H groups in total. The smallest absolute Gasteiger partial charge is 0.337 e. The number of sulfonamides is 1. The fourth-order valence-corrected chi connectivity index (χ4v) is 4.24. The first-order valence-electron chi connectivity index (χ1n) is 7.99. The van der Waals surface area contributed by atoms with Crippen molar-refractivity contribution in [3.8, 4) is 6.01 Å². The Kier molecular flexibility index (Phi) is 3.75. The second-order valence-corrected chi connectivity index (χ2v) is 8.40. The Labute approximate surface area is 151 Å². The standard InChI is InChI=1S/C15H15F2N5O4S/c1-15(5-6-15)20-27(24,25)8-3-4-9-10(7-8)22(14(23)21(9)2)13-19-18-12(26-13)11(16)17/h3-4,7,11,20H,5-6H2,1-2H3. The summed E-state index contributed by atoms with van der Waals surface area (Å²) in [4.78, 5) is 12.5. The predicted molar refractivity (Wildman–Crippen MR) is 89.3 cm³/mol. The molecule has 2 heterocycles. The van der Waals surface area contributed by atoms with E-state index in [9.17, 15) is 22.0 Å². The first-order chi connectivity index (χ1) is 12.6. The second kappa shape index (κ2) is 5.70. The van der Waals surface area contributed by atoms with Crippen LogP contribution in [0.4, 0.5) is 8.78 Å². The molecular weight excluding hydrogens is 384 g/mol. The van der Waals surface area contributed by atoms with Crippen LogP contribution in [0.3, 0.4) is 0 Å². The van der Waals surface area contributed by atoms with Crippen LogP contribution in [-0.2, 0) is 17.1 Å². The highest BCUT2D eigenvalue weighted by Gasteiger charge is 2.41. The quantitative estimate of drug-likeness (QED) is 0.696. The summed E-state index contributed by atoms with van der Waals surface area (Å²) in [5.41, 5.74) is -0.571. The van der Waals surface area contributed by atoms with Crippen LogP contribution in [0.15, 0.2) is 32.3 Å². The van der Waals surface area contributed by atoms with Gasteiger partial charge in [0.15, 0.2) is 0 Å². The van der Waals surface area contributed by atoms with E-state index in [2.05, 4.69) is 14.9 Å². The number of alkyl halides is 2. The van der Waals surface area contributed by atoms with Gasteiger partial charge in [-0.25, -0.2) is 22.5 Å². The minimum absolute atomic E-state index is 0.0592. The van der Waals surface area contributed by atoms with Crippen molar-refractivity contribution in [2.75, 3.05) is 0 Å². The summed E-state index contributed by atoms with van der Waals surface area (Å²) in [5.74, 6) is -0.930. The van der Waals surface area contributed by atoms with Gasteiger partial charge in [-0.05, 0) is 38.0 Å². The normalized spacial score (nSPS) is 16.3. The number of imidazole rings is 1. The molecule has 0 atom stereocenters. The van der Waals surface area contributed by atoms with Crippen LogP contribution < -0.4 is 10.4 Å². The summed E-state index contributed by atoms with van der Waals surface area (Å²) >= 11 is 0. The summed E-state index contributed by atoms with van der Waals surface area (Å²) in [6.07, 6.45) is -1.51. The monoisotopic (exact) mass is 399 g/mol. The van der Waals surface area contributed by atoms with Crippen molar-refractivity contribution < 1.29 is 21.6 Å². The van der Waals surface area contributed by atoms with Gasteiger partial charge in [-0.1, -0.05) is 5.10 Å². The first-order valence-corrected chi connectivity index (χ1v) is 9.47. The maximum absolute atomic E-state index is 12.7. The molecule has 0 bridgehead atoms. The molecule has 27 heavy (non-hydrogen) atoms. The van der Waals surface area contributed by atoms with E-state index in [4.69, 9.17) is 4.42 Å². The van der Waals surface area contributed by atoms with Gasteiger partial charge in [-0.3, -0.25) is 4.57 Å². The van der Waals surface area contributed by atoms with Crippen molar-refractivity contribution in [2.45, 2.75) is 36.6 Å². The van der Waals surface area contributed by atoms with Gasteiger partial charge < -0.3 is 4.42 Å². The Balaban J connectivity index is 1.88. The number of aryl methyl sites for hydroxylation is 1. The summed E-state index contributed by atoms with van der Waals surface area (Å²) in [6, 6.07) is 3.65. The third kappa shape index (κ3) is 2.94. The summed E-state index contributed by atoms with van der Waals surface area (Å²) < 4.78 is 60.3. The number of halogens is 2. The highest BCUT2D eigenvalue weighted by atomic mass is 32.2. The average Bonchev–Trinajstić information content (AvgIpc) is 3.04. The van der Waals surface area contributed by atoms with Crippen LogP contribution >= 0.6 is 0 Å². The SMILES string of the molecule is Cn1c(=O)n(-c2nnc(C(F)F)o2)c2cc(S(=O)(=O)NC3(C)CC3)ccc21. The molecule has 0 amide bonds. The fourth-order valence-electron chi connectivity index (χ4n) is 2.75. The van der Waals surface area contributed by atoms with Gasteiger partial charge in [-0.15, -0.1) is 5.10 Å². The lowest BCUT2D eigenvalue weighted by Gasteiger charge is -2.12. The average molecular weight is 399 g/mol. The van der Waals surface area contributed by atoms with E-state index < -0.39 is 39.6 Å². The Bertz CT molecular complexity index is 1210. The maximum Gasteiger partial charge on any atom is 0.337 e. The highest BCUT2D eigenvalue weighted by molar-refractivity contribution is 7.89. The van der Waals surface area contributed by atoms with Crippen molar-refractivity contribution in [1.82, 2.24) is 24.1 Å².